The van der Waals surface area contributed by atoms with Crippen LogP contribution in [0.2, 0.25) is 5.02 Å². The van der Waals surface area contributed by atoms with Crippen molar-refractivity contribution < 1.29 is 4.79 Å². The van der Waals surface area contributed by atoms with Crippen LogP contribution in [-0.2, 0) is 11.2 Å². The lowest BCUT2D eigenvalue weighted by Crippen LogP contribution is -2.32. The fraction of sp³-hybridized carbons (Fsp3) is 0.462. The number of hydrogen-bond acceptors (Lipinski definition) is 2. The Morgan fingerprint density at radius 1 is 1.53 bits per heavy atom. The summed E-state index contributed by atoms with van der Waals surface area (Å²) in [5, 5.41) is 0.683. The highest BCUT2D eigenvalue weighted by atomic mass is 35.5. The van der Waals surface area contributed by atoms with E-state index in [1.807, 2.05) is 23.1 Å². The molecule has 0 bridgehead atoms. The Labute approximate surface area is 112 Å². The van der Waals surface area contributed by atoms with E-state index >= 15 is 0 Å². The second kappa shape index (κ2) is 5.32. The highest BCUT2D eigenvalue weighted by molar-refractivity contribution is 7.80. The van der Waals surface area contributed by atoms with E-state index in [9.17, 15) is 4.79 Å². The molecule has 1 aromatic carbocycles. The van der Waals surface area contributed by atoms with Crippen molar-refractivity contribution in [2.45, 2.75) is 19.8 Å². The van der Waals surface area contributed by atoms with Crippen molar-refractivity contribution in [3.63, 3.8) is 0 Å². The maximum atomic E-state index is 12.0. The highest BCUT2D eigenvalue weighted by Gasteiger charge is 2.28. The van der Waals surface area contributed by atoms with Gasteiger partial charge in [-0.15, -0.1) is 0 Å². The first-order chi connectivity index (χ1) is 8.15. The molecule has 0 saturated heterocycles. The van der Waals surface area contributed by atoms with Crippen LogP contribution in [0.5, 0.6) is 0 Å². The second-order valence-electron chi connectivity index (χ2n) is 4.41. The zero-order valence-corrected chi connectivity index (χ0v) is 11.5. The molecule has 0 aliphatic carbocycles. The molecule has 0 radical (unpaired) electrons. The topological polar surface area (TPSA) is 20.3 Å². The number of thiol groups is 1. The van der Waals surface area contributed by atoms with Gasteiger partial charge in [-0.05, 0) is 29.4 Å². The Morgan fingerprint density at radius 3 is 2.94 bits per heavy atom. The highest BCUT2D eigenvalue weighted by Crippen LogP contribution is 2.32. The van der Waals surface area contributed by atoms with Gasteiger partial charge >= 0.3 is 0 Å². The molecule has 0 saturated carbocycles. The fourth-order valence-electron chi connectivity index (χ4n) is 2.10. The maximum absolute atomic E-state index is 12.0. The number of carbonyl (C=O) groups excluding carboxylic acids is 1. The van der Waals surface area contributed by atoms with Gasteiger partial charge in [0.25, 0.3) is 0 Å². The molecule has 1 aromatic rings. The molecule has 2 rings (SSSR count). The molecule has 1 aliphatic rings. The van der Waals surface area contributed by atoms with Gasteiger partial charge in [-0.3, -0.25) is 4.79 Å². The minimum atomic E-state index is 0.169. The zero-order chi connectivity index (χ0) is 12.4. The molecular formula is C13H16ClNOS. The minimum absolute atomic E-state index is 0.169. The van der Waals surface area contributed by atoms with Gasteiger partial charge in [0.2, 0.25) is 5.91 Å². The standard InChI is InChI=1S/C13H16ClNOS/c1-2-9(8-17)7-15-12-6-11(14)4-3-10(12)5-13(15)16/h3-4,6,9,17H,2,5,7-8H2,1H3. The molecule has 1 aliphatic heterocycles. The minimum Gasteiger partial charge on any atom is -0.311 e. The van der Waals surface area contributed by atoms with Crippen molar-refractivity contribution in [1.29, 1.82) is 0 Å². The average Bonchev–Trinajstić information content (AvgIpc) is 2.62. The lowest BCUT2D eigenvalue weighted by Gasteiger charge is -2.22. The van der Waals surface area contributed by atoms with Crippen LogP contribution in [0.1, 0.15) is 18.9 Å². The summed E-state index contributed by atoms with van der Waals surface area (Å²) in [7, 11) is 0. The summed E-state index contributed by atoms with van der Waals surface area (Å²) in [6.07, 6.45) is 1.53. The largest absolute Gasteiger partial charge is 0.311 e. The van der Waals surface area contributed by atoms with Gasteiger partial charge in [0.05, 0.1) is 6.42 Å². The third-order valence-electron chi connectivity index (χ3n) is 3.26. The Balaban J connectivity index is 2.24. The molecule has 17 heavy (non-hydrogen) atoms. The van der Waals surface area contributed by atoms with Crippen LogP contribution >= 0.6 is 24.2 Å². The number of rotatable bonds is 4. The summed E-state index contributed by atoms with van der Waals surface area (Å²) in [4.78, 5) is 13.8. The summed E-state index contributed by atoms with van der Waals surface area (Å²) < 4.78 is 0. The van der Waals surface area contributed by atoms with Crippen molar-refractivity contribution in [3.05, 3.63) is 28.8 Å². The molecule has 0 spiro atoms. The van der Waals surface area contributed by atoms with Gasteiger partial charge in [-0.2, -0.15) is 12.6 Å². The Bertz CT molecular complexity index is 431. The van der Waals surface area contributed by atoms with Gasteiger partial charge in [-0.1, -0.05) is 31.0 Å². The third-order valence-corrected chi connectivity index (χ3v) is 4.01. The van der Waals surface area contributed by atoms with E-state index in [-0.39, 0.29) is 5.91 Å². The number of fused-ring (bicyclic) bond motifs is 1. The van der Waals surface area contributed by atoms with Gasteiger partial charge in [-0.25, -0.2) is 0 Å². The Kier molecular flexibility index (Phi) is 4.00. The van der Waals surface area contributed by atoms with Crippen LogP contribution in [0.3, 0.4) is 0 Å². The first kappa shape index (κ1) is 12.8. The summed E-state index contributed by atoms with van der Waals surface area (Å²) in [5.74, 6) is 1.41. The molecule has 0 aromatic heterocycles. The molecular weight excluding hydrogens is 254 g/mol. The molecule has 0 N–H and O–H groups in total. The normalized spacial score (nSPS) is 16.2. The number of anilines is 1. The van der Waals surface area contributed by atoms with Crippen LogP contribution in [-0.4, -0.2) is 18.2 Å². The third kappa shape index (κ3) is 2.61. The Hall–Kier alpha value is -0.670. The van der Waals surface area contributed by atoms with Crippen molar-refractivity contribution >= 4 is 35.8 Å². The number of amides is 1. The molecule has 0 fully saturated rings. The number of benzene rings is 1. The average molecular weight is 270 g/mol. The molecule has 1 heterocycles. The zero-order valence-electron chi connectivity index (χ0n) is 9.82. The molecule has 92 valence electrons. The van der Waals surface area contributed by atoms with E-state index in [1.54, 1.807) is 0 Å². The van der Waals surface area contributed by atoms with Gasteiger partial charge in [0, 0.05) is 17.3 Å². The molecule has 1 unspecified atom stereocenters. The van der Waals surface area contributed by atoms with Gasteiger partial charge in [0.1, 0.15) is 0 Å². The smallest absolute Gasteiger partial charge is 0.231 e. The number of nitrogens with zero attached hydrogens (tertiary/aromatic N) is 1. The molecule has 4 heteroatoms. The number of carbonyl (C=O) groups is 1. The van der Waals surface area contributed by atoms with Crippen molar-refractivity contribution in [3.8, 4) is 0 Å². The predicted molar refractivity (Wildman–Crippen MR) is 75.1 cm³/mol. The van der Waals surface area contributed by atoms with Crippen molar-refractivity contribution in [2.75, 3.05) is 17.2 Å². The number of hydrogen-bond donors (Lipinski definition) is 1. The fourth-order valence-corrected chi connectivity index (χ4v) is 2.64. The van der Waals surface area contributed by atoms with Gasteiger partial charge < -0.3 is 4.90 Å². The molecule has 1 atom stereocenters. The van der Waals surface area contributed by atoms with E-state index < -0.39 is 0 Å². The van der Waals surface area contributed by atoms with Crippen LogP contribution in [0, 0.1) is 5.92 Å². The van der Waals surface area contributed by atoms with E-state index in [0.29, 0.717) is 17.4 Å². The lowest BCUT2D eigenvalue weighted by molar-refractivity contribution is -0.117. The van der Waals surface area contributed by atoms with Crippen LogP contribution < -0.4 is 4.90 Å². The lowest BCUT2D eigenvalue weighted by atomic mass is 10.1. The summed E-state index contributed by atoms with van der Waals surface area (Å²) in [6, 6.07) is 5.66. The first-order valence-electron chi connectivity index (χ1n) is 5.85. The van der Waals surface area contributed by atoms with Crippen molar-refractivity contribution in [1.82, 2.24) is 0 Å². The number of halogens is 1. The first-order valence-corrected chi connectivity index (χ1v) is 6.86. The molecule has 2 nitrogen and oxygen atoms in total. The van der Waals surface area contributed by atoms with E-state index in [4.69, 9.17) is 11.6 Å². The summed E-state index contributed by atoms with van der Waals surface area (Å²) >= 11 is 10.3. The van der Waals surface area contributed by atoms with Crippen LogP contribution in [0.4, 0.5) is 5.69 Å². The van der Waals surface area contributed by atoms with Crippen molar-refractivity contribution in [2.24, 2.45) is 5.92 Å². The van der Waals surface area contributed by atoms with E-state index in [2.05, 4.69) is 19.6 Å². The SMILES string of the molecule is CCC(CS)CN1C(=O)Cc2ccc(Cl)cc21. The molecule has 1 amide bonds. The Morgan fingerprint density at radius 2 is 2.29 bits per heavy atom. The monoisotopic (exact) mass is 269 g/mol. The van der Waals surface area contributed by atoms with Crippen LogP contribution in [0.25, 0.3) is 0 Å². The van der Waals surface area contributed by atoms with Crippen LogP contribution in [0.15, 0.2) is 18.2 Å². The summed E-state index contributed by atoms with van der Waals surface area (Å²) in [6.45, 7) is 2.87. The maximum Gasteiger partial charge on any atom is 0.231 e. The van der Waals surface area contributed by atoms with E-state index in [1.165, 1.54) is 0 Å². The second-order valence-corrected chi connectivity index (χ2v) is 5.21. The summed E-state index contributed by atoms with van der Waals surface area (Å²) in [5.41, 5.74) is 2.05. The van der Waals surface area contributed by atoms with Gasteiger partial charge in [0.15, 0.2) is 0 Å². The van der Waals surface area contributed by atoms with E-state index in [0.717, 1.165) is 30.0 Å². The quantitative estimate of drug-likeness (QED) is 0.833. The predicted octanol–water partition coefficient (Wildman–Crippen LogP) is 3.19.